The lowest BCUT2D eigenvalue weighted by Gasteiger charge is -2.18. The van der Waals surface area contributed by atoms with Crippen LogP contribution < -0.4 is 18.9 Å². The van der Waals surface area contributed by atoms with E-state index in [1.807, 2.05) is 37.3 Å². The number of hydrogen-bond donors (Lipinski definition) is 0. The zero-order chi connectivity index (χ0) is 19.6. The Morgan fingerprint density at radius 1 is 1.07 bits per heavy atom. The topological polar surface area (TPSA) is 54.0 Å². The van der Waals surface area contributed by atoms with Gasteiger partial charge in [-0.2, -0.15) is 0 Å². The van der Waals surface area contributed by atoms with Crippen LogP contribution in [0.15, 0.2) is 36.4 Å². The van der Waals surface area contributed by atoms with Gasteiger partial charge >= 0.3 is 5.97 Å². The van der Waals surface area contributed by atoms with Crippen molar-refractivity contribution in [2.24, 2.45) is 0 Å². The first-order chi connectivity index (χ1) is 13.0. The van der Waals surface area contributed by atoms with Crippen LogP contribution in [0.2, 0.25) is 0 Å². The molecular formula is C22H24O5. The van der Waals surface area contributed by atoms with Gasteiger partial charge in [-0.25, -0.2) is 0 Å². The zero-order valence-electron chi connectivity index (χ0n) is 16.2. The van der Waals surface area contributed by atoms with Gasteiger partial charge in [0.1, 0.15) is 6.10 Å². The number of benzene rings is 2. The van der Waals surface area contributed by atoms with Crippen LogP contribution in [0.1, 0.15) is 49.5 Å². The Labute approximate surface area is 159 Å². The summed E-state index contributed by atoms with van der Waals surface area (Å²) in [7, 11) is 3.19. The Morgan fingerprint density at radius 2 is 1.81 bits per heavy atom. The zero-order valence-corrected chi connectivity index (χ0v) is 16.2. The largest absolute Gasteiger partial charge is 0.493 e. The number of rotatable bonds is 5. The summed E-state index contributed by atoms with van der Waals surface area (Å²) in [4.78, 5) is 11.3. The van der Waals surface area contributed by atoms with Crippen LogP contribution in [0.25, 0.3) is 6.08 Å². The molecule has 0 radical (unpaired) electrons. The molecule has 2 aromatic rings. The van der Waals surface area contributed by atoms with E-state index in [-0.39, 0.29) is 18.0 Å². The summed E-state index contributed by atoms with van der Waals surface area (Å²) in [5.41, 5.74) is 3.13. The molecule has 1 aliphatic rings. The van der Waals surface area contributed by atoms with Crippen molar-refractivity contribution in [2.75, 3.05) is 14.2 Å². The first kappa shape index (κ1) is 18.8. The first-order valence-electron chi connectivity index (χ1n) is 8.86. The van der Waals surface area contributed by atoms with Gasteiger partial charge in [0.2, 0.25) is 0 Å². The second kappa shape index (κ2) is 7.74. The summed E-state index contributed by atoms with van der Waals surface area (Å²) < 4.78 is 22.4. The lowest BCUT2D eigenvalue weighted by molar-refractivity contribution is -0.132. The molecule has 142 valence electrons. The van der Waals surface area contributed by atoms with Crippen molar-refractivity contribution in [1.29, 1.82) is 0 Å². The molecule has 0 aromatic heterocycles. The number of ether oxygens (including phenoxy) is 4. The second-order valence-electron chi connectivity index (χ2n) is 6.47. The van der Waals surface area contributed by atoms with Gasteiger partial charge in [-0.05, 0) is 42.3 Å². The van der Waals surface area contributed by atoms with E-state index in [0.717, 1.165) is 28.2 Å². The molecule has 0 saturated carbocycles. The average molecular weight is 368 g/mol. The Balaban J connectivity index is 1.98. The van der Waals surface area contributed by atoms with E-state index in [1.54, 1.807) is 20.3 Å². The van der Waals surface area contributed by atoms with Crippen LogP contribution in [0.3, 0.4) is 0 Å². The number of allylic oxidation sites excluding steroid dienone is 1. The van der Waals surface area contributed by atoms with Gasteiger partial charge in [-0.15, -0.1) is 0 Å². The molecule has 0 amide bonds. The van der Waals surface area contributed by atoms with Crippen molar-refractivity contribution < 1.29 is 23.7 Å². The van der Waals surface area contributed by atoms with E-state index < -0.39 is 0 Å². The summed E-state index contributed by atoms with van der Waals surface area (Å²) in [5.74, 6) is 2.12. The summed E-state index contributed by atoms with van der Waals surface area (Å²) in [6, 6.07) is 9.58. The highest BCUT2D eigenvalue weighted by molar-refractivity contribution is 5.70. The minimum Gasteiger partial charge on any atom is -0.493 e. The maximum absolute atomic E-state index is 11.3. The highest BCUT2D eigenvalue weighted by Gasteiger charge is 2.35. The molecule has 0 saturated heterocycles. The lowest BCUT2D eigenvalue weighted by Crippen LogP contribution is -2.09. The minimum atomic E-state index is -0.389. The molecule has 0 fully saturated rings. The molecule has 2 aromatic carbocycles. The highest BCUT2D eigenvalue weighted by atomic mass is 16.6. The molecule has 0 bridgehead atoms. The van der Waals surface area contributed by atoms with Crippen molar-refractivity contribution in [1.82, 2.24) is 0 Å². The van der Waals surface area contributed by atoms with E-state index in [9.17, 15) is 4.79 Å². The summed E-state index contributed by atoms with van der Waals surface area (Å²) >= 11 is 0. The standard InChI is InChI=1S/C22H24O5/c1-6-7-15-10-17-13(2)21(27-22(17)20(11-15)25-5)16-8-9-18(26-14(3)23)19(12-16)24-4/h6-13,21H,1-5H3/t13-,21+/m0/s1. The van der Waals surface area contributed by atoms with E-state index in [0.29, 0.717) is 11.5 Å². The molecule has 27 heavy (non-hydrogen) atoms. The maximum Gasteiger partial charge on any atom is 0.308 e. The predicted molar refractivity (Wildman–Crippen MR) is 104 cm³/mol. The van der Waals surface area contributed by atoms with Crippen molar-refractivity contribution in [2.45, 2.75) is 32.8 Å². The molecule has 0 spiro atoms. The van der Waals surface area contributed by atoms with Gasteiger partial charge < -0.3 is 18.9 Å². The summed E-state index contributed by atoms with van der Waals surface area (Å²) in [6.07, 6.45) is 3.85. The van der Waals surface area contributed by atoms with E-state index in [4.69, 9.17) is 18.9 Å². The highest BCUT2D eigenvalue weighted by Crippen LogP contribution is 2.51. The van der Waals surface area contributed by atoms with Crippen molar-refractivity contribution in [3.8, 4) is 23.0 Å². The molecule has 2 atom stereocenters. The summed E-state index contributed by atoms with van der Waals surface area (Å²) in [6.45, 7) is 5.47. The van der Waals surface area contributed by atoms with E-state index in [2.05, 4.69) is 13.0 Å². The van der Waals surface area contributed by atoms with Crippen molar-refractivity contribution >= 4 is 12.0 Å². The number of carbonyl (C=O) groups excluding carboxylic acids is 1. The van der Waals surface area contributed by atoms with Crippen molar-refractivity contribution in [3.63, 3.8) is 0 Å². The van der Waals surface area contributed by atoms with Gasteiger partial charge in [-0.3, -0.25) is 4.79 Å². The second-order valence-corrected chi connectivity index (χ2v) is 6.47. The Bertz CT molecular complexity index is 885. The van der Waals surface area contributed by atoms with Crippen LogP contribution in [0.5, 0.6) is 23.0 Å². The third-order valence-electron chi connectivity index (χ3n) is 4.64. The number of esters is 1. The fourth-order valence-corrected chi connectivity index (χ4v) is 3.40. The fraction of sp³-hybridized carbons (Fsp3) is 0.318. The SMILES string of the molecule is CC=Cc1cc(OC)c2c(c1)[C@H](C)[C@H](c1ccc(OC(C)=O)c(OC)c1)O2. The smallest absolute Gasteiger partial charge is 0.308 e. The van der Waals surface area contributed by atoms with Gasteiger partial charge in [0.15, 0.2) is 23.0 Å². The predicted octanol–water partition coefficient (Wildman–Crippen LogP) is 4.90. The van der Waals surface area contributed by atoms with E-state index >= 15 is 0 Å². The number of hydrogen-bond acceptors (Lipinski definition) is 5. The first-order valence-corrected chi connectivity index (χ1v) is 8.86. The Morgan fingerprint density at radius 3 is 2.44 bits per heavy atom. The molecular weight excluding hydrogens is 344 g/mol. The monoisotopic (exact) mass is 368 g/mol. The lowest BCUT2D eigenvalue weighted by atomic mass is 9.91. The average Bonchev–Trinajstić information content (AvgIpc) is 2.98. The molecule has 3 rings (SSSR count). The summed E-state index contributed by atoms with van der Waals surface area (Å²) in [5, 5.41) is 0. The van der Waals surface area contributed by atoms with Gasteiger partial charge in [-0.1, -0.05) is 25.1 Å². The van der Waals surface area contributed by atoms with E-state index in [1.165, 1.54) is 6.92 Å². The molecule has 5 nitrogen and oxygen atoms in total. The van der Waals surface area contributed by atoms with Crippen LogP contribution in [-0.2, 0) is 4.79 Å². The third kappa shape index (κ3) is 3.63. The third-order valence-corrected chi connectivity index (χ3v) is 4.64. The molecule has 5 heteroatoms. The van der Waals surface area contributed by atoms with Crippen LogP contribution >= 0.6 is 0 Å². The van der Waals surface area contributed by atoms with Gasteiger partial charge in [0.05, 0.1) is 14.2 Å². The molecule has 1 aliphatic heterocycles. The molecule has 0 N–H and O–H groups in total. The number of carbonyl (C=O) groups is 1. The fourth-order valence-electron chi connectivity index (χ4n) is 3.40. The molecule has 1 heterocycles. The van der Waals surface area contributed by atoms with Crippen LogP contribution in [-0.4, -0.2) is 20.2 Å². The quantitative estimate of drug-likeness (QED) is 0.555. The maximum atomic E-state index is 11.3. The number of fused-ring (bicyclic) bond motifs is 1. The van der Waals surface area contributed by atoms with Crippen molar-refractivity contribution in [3.05, 3.63) is 53.1 Å². The Kier molecular flexibility index (Phi) is 5.40. The number of methoxy groups -OCH3 is 2. The molecule has 0 unspecified atom stereocenters. The molecule has 0 aliphatic carbocycles. The minimum absolute atomic E-state index is 0.128. The van der Waals surface area contributed by atoms with Crippen LogP contribution in [0.4, 0.5) is 0 Å². The Hall–Kier alpha value is -2.95. The van der Waals surface area contributed by atoms with Crippen LogP contribution in [0, 0.1) is 0 Å². The van der Waals surface area contributed by atoms with Gasteiger partial charge in [0, 0.05) is 18.4 Å². The normalized spacial score (nSPS) is 18.1. The van der Waals surface area contributed by atoms with Gasteiger partial charge in [0.25, 0.3) is 0 Å².